The molecule has 0 aliphatic carbocycles. The first-order valence-corrected chi connectivity index (χ1v) is 7.04. The van der Waals surface area contributed by atoms with E-state index in [9.17, 15) is 0 Å². The lowest BCUT2D eigenvalue weighted by atomic mass is 10.1. The average Bonchev–Trinajstić information content (AvgIpc) is 2.42. The van der Waals surface area contributed by atoms with Crippen molar-refractivity contribution < 1.29 is 4.74 Å². The first kappa shape index (κ1) is 15.1. The van der Waals surface area contributed by atoms with Crippen molar-refractivity contribution in [3.8, 4) is 0 Å². The Morgan fingerprint density at radius 1 is 1.28 bits per heavy atom. The number of ether oxygens (including phenoxy) is 1. The van der Waals surface area contributed by atoms with Crippen molar-refractivity contribution in [2.24, 2.45) is 5.73 Å². The van der Waals surface area contributed by atoms with Gasteiger partial charge in [0.25, 0.3) is 0 Å². The summed E-state index contributed by atoms with van der Waals surface area (Å²) in [4.78, 5) is 4.31. The zero-order chi connectivity index (χ0) is 13.2. The van der Waals surface area contributed by atoms with Crippen LogP contribution >= 0.6 is 0 Å². The zero-order valence-electron chi connectivity index (χ0n) is 11.6. The van der Waals surface area contributed by atoms with Crippen LogP contribution in [0.25, 0.3) is 0 Å². The smallest absolute Gasteiger partial charge is 0.112 e. The van der Waals surface area contributed by atoms with E-state index in [2.05, 4.69) is 18.8 Å². The van der Waals surface area contributed by atoms with Crippen LogP contribution in [0.15, 0.2) is 24.4 Å². The van der Waals surface area contributed by atoms with Gasteiger partial charge in [-0.3, -0.25) is 4.98 Å². The fourth-order valence-corrected chi connectivity index (χ4v) is 2.02. The number of unbranched alkanes of at least 4 members (excludes halogenated alkanes) is 3. The maximum atomic E-state index is 5.98. The summed E-state index contributed by atoms with van der Waals surface area (Å²) in [5.41, 5.74) is 6.70. The van der Waals surface area contributed by atoms with Gasteiger partial charge in [-0.25, -0.2) is 0 Å². The van der Waals surface area contributed by atoms with Crippen LogP contribution in [0.1, 0.15) is 57.7 Å². The minimum absolute atomic E-state index is 0.0765. The Bertz CT molecular complexity index is 303. The van der Waals surface area contributed by atoms with E-state index in [0.29, 0.717) is 6.54 Å². The van der Waals surface area contributed by atoms with E-state index in [-0.39, 0.29) is 12.2 Å². The van der Waals surface area contributed by atoms with Gasteiger partial charge in [-0.2, -0.15) is 0 Å². The third-order valence-corrected chi connectivity index (χ3v) is 3.09. The van der Waals surface area contributed by atoms with Gasteiger partial charge >= 0.3 is 0 Å². The molecule has 0 saturated heterocycles. The molecule has 18 heavy (non-hydrogen) atoms. The molecule has 0 bridgehead atoms. The second-order valence-electron chi connectivity index (χ2n) is 4.77. The first-order valence-electron chi connectivity index (χ1n) is 7.04. The Kier molecular flexibility index (Phi) is 7.62. The molecule has 3 nitrogen and oxygen atoms in total. The summed E-state index contributed by atoms with van der Waals surface area (Å²) in [5, 5.41) is 0. The zero-order valence-corrected chi connectivity index (χ0v) is 11.6. The van der Waals surface area contributed by atoms with Crippen LogP contribution < -0.4 is 5.73 Å². The van der Waals surface area contributed by atoms with E-state index in [4.69, 9.17) is 10.5 Å². The molecule has 102 valence electrons. The monoisotopic (exact) mass is 250 g/mol. The maximum absolute atomic E-state index is 5.98. The number of nitrogens with two attached hydrogens (primary N) is 1. The van der Waals surface area contributed by atoms with Crippen molar-refractivity contribution in [1.82, 2.24) is 4.98 Å². The topological polar surface area (TPSA) is 48.1 Å². The van der Waals surface area contributed by atoms with Gasteiger partial charge in [0.2, 0.25) is 0 Å². The molecule has 2 atom stereocenters. The molecular weight excluding hydrogens is 224 g/mol. The molecule has 1 heterocycles. The van der Waals surface area contributed by atoms with Crippen LogP contribution in [0.4, 0.5) is 0 Å². The Balaban J connectivity index is 2.34. The highest BCUT2D eigenvalue weighted by Crippen LogP contribution is 2.18. The molecule has 1 aromatic rings. The molecule has 1 aromatic heterocycles. The van der Waals surface area contributed by atoms with E-state index in [1.54, 1.807) is 6.20 Å². The molecule has 0 saturated carbocycles. The van der Waals surface area contributed by atoms with E-state index in [1.807, 2.05) is 18.2 Å². The van der Waals surface area contributed by atoms with Crippen molar-refractivity contribution in [3.05, 3.63) is 30.1 Å². The van der Waals surface area contributed by atoms with Gasteiger partial charge in [0.05, 0.1) is 11.8 Å². The van der Waals surface area contributed by atoms with Crippen molar-refractivity contribution >= 4 is 0 Å². The highest BCUT2D eigenvalue weighted by atomic mass is 16.5. The van der Waals surface area contributed by atoms with E-state index >= 15 is 0 Å². The van der Waals surface area contributed by atoms with Crippen LogP contribution in [0.5, 0.6) is 0 Å². The number of hydrogen-bond acceptors (Lipinski definition) is 3. The summed E-state index contributed by atoms with van der Waals surface area (Å²) in [6.45, 7) is 4.83. The lowest BCUT2D eigenvalue weighted by Crippen LogP contribution is -2.21. The predicted molar refractivity (Wildman–Crippen MR) is 75.3 cm³/mol. The molecular formula is C15H26N2O. The summed E-state index contributed by atoms with van der Waals surface area (Å²) >= 11 is 0. The largest absolute Gasteiger partial charge is 0.368 e. The third-order valence-electron chi connectivity index (χ3n) is 3.09. The summed E-state index contributed by atoms with van der Waals surface area (Å²) in [7, 11) is 0. The van der Waals surface area contributed by atoms with Crippen LogP contribution in [0.3, 0.4) is 0 Å². The highest BCUT2D eigenvalue weighted by molar-refractivity contribution is 5.07. The van der Waals surface area contributed by atoms with Crippen LogP contribution in [-0.2, 0) is 4.74 Å². The van der Waals surface area contributed by atoms with Gasteiger partial charge < -0.3 is 10.5 Å². The second-order valence-corrected chi connectivity index (χ2v) is 4.77. The van der Waals surface area contributed by atoms with Crippen molar-refractivity contribution in [3.63, 3.8) is 0 Å². The fraction of sp³-hybridized carbons (Fsp3) is 0.667. The minimum Gasteiger partial charge on any atom is -0.368 e. The lowest BCUT2D eigenvalue weighted by Gasteiger charge is -2.20. The van der Waals surface area contributed by atoms with Crippen LogP contribution in [-0.4, -0.2) is 17.6 Å². The van der Waals surface area contributed by atoms with Gasteiger partial charge in [-0.1, -0.05) is 38.7 Å². The molecule has 0 aliphatic rings. The normalized spacial score (nSPS) is 14.4. The number of aromatic nitrogens is 1. The maximum Gasteiger partial charge on any atom is 0.112 e. The second kappa shape index (κ2) is 9.06. The molecule has 0 radical (unpaired) electrons. The SMILES string of the molecule is CCCCCCC(C)OC(CN)c1ccccn1. The average molecular weight is 250 g/mol. The number of nitrogens with zero attached hydrogens (tertiary/aromatic N) is 1. The van der Waals surface area contributed by atoms with E-state index < -0.39 is 0 Å². The summed E-state index contributed by atoms with van der Waals surface area (Å²) in [6.07, 6.45) is 8.17. The van der Waals surface area contributed by atoms with Gasteiger partial charge in [0.15, 0.2) is 0 Å². The van der Waals surface area contributed by atoms with Gasteiger partial charge in [0, 0.05) is 12.7 Å². The Morgan fingerprint density at radius 2 is 2.11 bits per heavy atom. The highest BCUT2D eigenvalue weighted by Gasteiger charge is 2.14. The first-order chi connectivity index (χ1) is 8.77. The van der Waals surface area contributed by atoms with Crippen molar-refractivity contribution in [2.45, 2.75) is 58.2 Å². The third kappa shape index (κ3) is 5.61. The minimum atomic E-state index is -0.0765. The van der Waals surface area contributed by atoms with E-state index in [1.165, 1.54) is 25.7 Å². The molecule has 0 spiro atoms. The summed E-state index contributed by atoms with van der Waals surface area (Å²) in [6, 6.07) is 5.85. The molecule has 2 N–H and O–H groups in total. The molecule has 0 aliphatic heterocycles. The lowest BCUT2D eigenvalue weighted by molar-refractivity contribution is -0.00592. The van der Waals surface area contributed by atoms with Gasteiger partial charge in [0.1, 0.15) is 6.10 Å². The molecule has 0 fully saturated rings. The fourth-order valence-electron chi connectivity index (χ4n) is 2.02. The quantitative estimate of drug-likeness (QED) is 0.683. The summed E-state index contributed by atoms with van der Waals surface area (Å²) in [5.74, 6) is 0. The summed E-state index contributed by atoms with van der Waals surface area (Å²) < 4.78 is 5.98. The van der Waals surface area contributed by atoms with Gasteiger partial charge in [-0.15, -0.1) is 0 Å². The molecule has 0 amide bonds. The number of pyridine rings is 1. The molecule has 0 aromatic carbocycles. The van der Waals surface area contributed by atoms with Crippen molar-refractivity contribution in [2.75, 3.05) is 6.54 Å². The molecule has 3 heteroatoms. The number of hydrogen-bond donors (Lipinski definition) is 1. The Hall–Kier alpha value is -0.930. The standard InChI is InChI=1S/C15H26N2O/c1-3-4-5-6-9-13(2)18-15(12-16)14-10-7-8-11-17-14/h7-8,10-11,13,15H,3-6,9,12,16H2,1-2H3. The van der Waals surface area contributed by atoms with Crippen molar-refractivity contribution in [1.29, 1.82) is 0 Å². The molecule has 2 unspecified atom stereocenters. The van der Waals surface area contributed by atoms with Crippen LogP contribution in [0.2, 0.25) is 0 Å². The Morgan fingerprint density at radius 3 is 2.72 bits per heavy atom. The Labute approximate surface area is 111 Å². The number of rotatable bonds is 9. The predicted octanol–water partition coefficient (Wildman–Crippen LogP) is 3.46. The van der Waals surface area contributed by atoms with Gasteiger partial charge in [-0.05, 0) is 25.5 Å². The van der Waals surface area contributed by atoms with E-state index in [0.717, 1.165) is 12.1 Å². The molecule has 1 rings (SSSR count). The van der Waals surface area contributed by atoms with Crippen LogP contribution in [0, 0.1) is 0 Å².